The minimum atomic E-state index is -4.55. The number of carbonyl (C=O) groups is 1. The van der Waals surface area contributed by atoms with Crippen molar-refractivity contribution in [2.75, 3.05) is 46.4 Å². The molecule has 0 aromatic carbocycles. The number of halogens is 3. The second-order valence-electron chi connectivity index (χ2n) is 10.4. The van der Waals surface area contributed by atoms with Gasteiger partial charge in [0.1, 0.15) is 6.10 Å². The van der Waals surface area contributed by atoms with Crippen LogP contribution in [0.25, 0.3) is 0 Å². The molecule has 2 aromatic rings. The van der Waals surface area contributed by atoms with E-state index < -0.39 is 23.2 Å². The van der Waals surface area contributed by atoms with Crippen molar-refractivity contribution in [3.05, 3.63) is 63.3 Å². The second-order valence-corrected chi connectivity index (χ2v) is 10.4. The number of rotatable bonds is 7. The standard InChI is InChI=1S/C15H22N2O.C11H12F3N3O2.C3H8O/c1-2-9-17-10-13(11-17)18-14-7-3-5-12-6-4-8-16-15(12)14;12-11(13,14)7-3-8-5-16(6-9(15)18)1-2-17(8)10(19)4-7;1-3-4-2/h4,6,8,13-14H,2-3,5,7,9-11H2,1H3;3-4H,1-2,5-6H2,(H2,15,18);3H2,1-2H3. The first-order valence-electron chi connectivity index (χ1n) is 14.2. The van der Waals surface area contributed by atoms with Crippen LogP contribution in [0, 0.1) is 0 Å². The number of ether oxygens (including phenoxy) is 2. The van der Waals surface area contributed by atoms with E-state index in [1.807, 2.05) is 19.2 Å². The lowest BCUT2D eigenvalue weighted by Crippen LogP contribution is -2.52. The number of likely N-dealkylation sites (tertiary alicyclic amines) is 1. The lowest BCUT2D eigenvalue weighted by atomic mass is 9.93. The number of nitrogens with zero attached hydrogens (tertiary/aromatic N) is 4. The molecule has 5 rings (SSSR count). The van der Waals surface area contributed by atoms with Crippen molar-refractivity contribution in [1.82, 2.24) is 19.4 Å². The Morgan fingerprint density at radius 1 is 1.17 bits per heavy atom. The number of methoxy groups -OCH3 is 1. The van der Waals surface area contributed by atoms with Gasteiger partial charge in [0.2, 0.25) is 5.91 Å². The number of carbonyl (C=O) groups excluding carboxylic acids is 1. The van der Waals surface area contributed by atoms with Gasteiger partial charge < -0.3 is 19.8 Å². The Hall–Kier alpha value is -2.80. The molecule has 12 heteroatoms. The lowest BCUT2D eigenvalue weighted by molar-refractivity contribution is -0.138. The zero-order valence-corrected chi connectivity index (χ0v) is 24.2. The predicted octanol–water partition coefficient (Wildman–Crippen LogP) is 3.39. The van der Waals surface area contributed by atoms with Crippen molar-refractivity contribution in [2.24, 2.45) is 5.73 Å². The van der Waals surface area contributed by atoms with E-state index in [-0.39, 0.29) is 31.4 Å². The van der Waals surface area contributed by atoms with Crippen LogP contribution in [0.2, 0.25) is 0 Å². The summed E-state index contributed by atoms with van der Waals surface area (Å²) in [6.07, 6.45) is 2.77. The fourth-order valence-electron chi connectivity index (χ4n) is 5.14. The van der Waals surface area contributed by atoms with Crippen LogP contribution < -0.4 is 11.3 Å². The Bertz CT molecular complexity index is 1180. The molecule has 1 amide bonds. The highest BCUT2D eigenvalue weighted by atomic mass is 19.4. The van der Waals surface area contributed by atoms with E-state index in [4.69, 9.17) is 10.5 Å². The van der Waals surface area contributed by atoms with Crippen molar-refractivity contribution >= 4 is 5.91 Å². The van der Waals surface area contributed by atoms with Crippen molar-refractivity contribution < 1.29 is 27.4 Å². The summed E-state index contributed by atoms with van der Waals surface area (Å²) < 4.78 is 49.9. The number of fused-ring (bicyclic) bond motifs is 2. The zero-order valence-electron chi connectivity index (χ0n) is 24.2. The minimum absolute atomic E-state index is 0.0373. The monoisotopic (exact) mass is 581 g/mol. The fourth-order valence-corrected chi connectivity index (χ4v) is 5.14. The van der Waals surface area contributed by atoms with Crippen molar-refractivity contribution in [3.8, 4) is 0 Å². The van der Waals surface area contributed by atoms with Crippen LogP contribution in [0.5, 0.6) is 0 Å². The molecule has 0 saturated carbocycles. The smallest absolute Gasteiger partial charge is 0.385 e. The zero-order chi connectivity index (χ0) is 30.0. The molecule has 0 radical (unpaired) electrons. The highest BCUT2D eigenvalue weighted by molar-refractivity contribution is 5.75. The van der Waals surface area contributed by atoms with Gasteiger partial charge in [-0.1, -0.05) is 13.0 Å². The summed E-state index contributed by atoms with van der Waals surface area (Å²) >= 11 is 0. The maximum absolute atomic E-state index is 12.6. The van der Waals surface area contributed by atoms with Crippen molar-refractivity contribution in [2.45, 2.75) is 71.0 Å². The van der Waals surface area contributed by atoms with E-state index in [0.29, 0.717) is 18.7 Å². The maximum atomic E-state index is 12.6. The van der Waals surface area contributed by atoms with E-state index in [1.165, 1.54) is 35.2 Å². The number of nitrogens with two attached hydrogens (primary N) is 1. The molecule has 2 N–H and O–H groups in total. The van der Waals surface area contributed by atoms with Crippen LogP contribution in [0.1, 0.15) is 61.7 Å². The minimum Gasteiger partial charge on any atom is -0.385 e. The third-order valence-corrected chi connectivity index (χ3v) is 7.20. The summed E-state index contributed by atoms with van der Waals surface area (Å²) in [5, 5.41) is 0. The normalized spacial score (nSPS) is 19.0. The van der Waals surface area contributed by atoms with Gasteiger partial charge in [0, 0.05) is 64.4 Å². The Labute approximate surface area is 239 Å². The quantitative estimate of drug-likeness (QED) is 0.535. The average Bonchev–Trinajstić information content (AvgIpc) is 2.91. The van der Waals surface area contributed by atoms with Crippen LogP contribution in [0.15, 0.2) is 35.3 Å². The van der Waals surface area contributed by atoms with E-state index in [2.05, 4.69) is 27.6 Å². The molecule has 41 heavy (non-hydrogen) atoms. The van der Waals surface area contributed by atoms with Crippen LogP contribution in [0.3, 0.4) is 0 Å². The van der Waals surface area contributed by atoms with Crippen LogP contribution >= 0.6 is 0 Å². The Kier molecular flexibility index (Phi) is 12.3. The van der Waals surface area contributed by atoms with Crippen LogP contribution in [0.4, 0.5) is 13.2 Å². The van der Waals surface area contributed by atoms with Gasteiger partial charge in [-0.05, 0) is 56.8 Å². The van der Waals surface area contributed by atoms with Crippen molar-refractivity contribution in [1.29, 1.82) is 0 Å². The number of primary amides is 1. The topological polar surface area (TPSA) is 103 Å². The first kappa shape index (κ1) is 32.7. The molecular weight excluding hydrogens is 539 g/mol. The number of aromatic nitrogens is 2. The molecule has 3 aliphatic rings. The predicted molar refractivity (Wildman–Crippen MR) is 149 cm³/mol. The molecule has 1 fully saturated rings. The largest absolute Gasteiger partial charge is 0.416 e. The molecule has 2 aromatic heterocycles. The van der Waals surface area contributed by atoms with E-state index in [0.717, 1.165) is 38.6 Å². The van der Waals surface area contributed by atoms with Gasteiger partial charge in [-0.25, -0.2) is 0 Å². The fraction of sp³-hybridized carbons (Fsp3) is 0.621. The van der Waals surface area contributed by atoms with Gasteiger partial charge in [-0.3, -0.25) is 24.4 Å². The first-order valence-corrected chi connectivity index (χ1v) is 14.2. The maximum Gasteiger partial charge on any atom is 0.416 e. The lowest BCUT2D eigenvalue weighted by Gasteiger charge is -2.41. The number of hydrogen-bond acceptors (Lipinski definition) is 7. The number of alkyl halides is 3. The molecule has 2 aliphatic heterocycles. The second kappa shape index (κ2) is 15.4. The molecule has 228 valence electrons. The van der Waals surface area contributed by atoms with Gasteiger partial charge >= 0.3 is 6.18 Å². The Balaban J connectivity index is 0.000000200. The highest BCUT2D eigenvalue weighted by Gasteiger charge is 2.33. The van der Waals surface area contributed by atoms with Crippen LogP contribution in [-0.2, 0) is 40.0 Å². The number of aryl methyl sites for hydroxylation is 1. The molecule has 1 saturated heterocycles. The number of pyridine rings is 2. The van der Waals surface area contributed by atoms with Gasteiger partial charge in [-0.15, -0.1) is 0 Å². The van der Waals surface area contributed by atoms with E-state index in [9.17, 15) is 22.8 Å². The molecule has 4 heterocycles. The molecule has 0 bridgehead atoms. The number of hydrogen-bond donors (Lipinski definition) is 1. The third-order valence-electron chi connectivity index (χ3n) is 7.20. The van der Waals surface area contributed by atoms with E-state index in [1.54, 1.807) is 12.0 Å². The summed E-state index contributed by atoms with van der Waals surface area (Å²) in [7, 11) is 1.68. The van der Waals surface area contributed by atoms with Crippen LogP contribution in [-0.4, -0.2) is 77.8 Å². The molecule has 1 aliphatic carbocycles. The summed E-state index contributed by atoms with van der Waals surface area (Å²) in [6.45, 7) is 9.14. The van der Waals surface area contributed by atoms with Gasteiger partial charge in [0.25, 0.3) is 5.56 Å². The SMILES string of the molecule is CCCN1CC(OC2CCCc3cccnc32)C1.CCOC.NC(=O)CN1CCn2c(cc(C(F)(F)F)cc2=O)C1. The Morgan fingerprint density at radius 3 is 2.54 bits per heavy atom. The van der Waals surface area contributed by atoms with Gasteiger partial charge in [0.05, 0.1) is 23.9 Å². The Morgan fingerprint density at radius 2 is 1.90 bits per heavy atom. The molecule has 9 nitrogen and oxygen atoms in total. The van der Waals surface area contributed by atoms with Gasteiger partial charge in [-0.2, -0.15) is 13.2 Å². The molecule has 1 atom stereocenters. The third kappa shape index (κ3) is 9.63. The molecule has 0 spiro atoms. The first-order chi connectivity index (χ1) is 19.5. The molecular formula is C29H42F3N5O4. The van der Waals surface area contributed by atoms with Gasteiger partial charge in [0.15, 0.2) is 0 Å². The summed E-state index contributed by atoms with van der Waals surface area (Å²) in [6, 6.07) is 5.76. The highest BCUT2D eigenvalue weighted by Crippen LogP contribution is 2.33. The summed E-state index contributed by atoms with van der Waals surface area (Å²) in [5.74, 6) is -0.553. The molecule has 1 unspecified atom stereocenters. The summed E-state index contributed by atoms with van der Waals surface area (Å²) in [4.78, 5) is 31.0. The van der Waals surface area contributed by atoms with Crippen molar-refractivity contribution in [3.63, 3.8) is 0 Å². The summed E-state index contributed by atoms with van der Waals surface area (Å²) in [5.41, 5.74) is 6.22. The average molecular weight is 582 g/mol. The van der Waals surface area contributed by atoms with E-state index >= 15 is 0 Å². The number of amides is 1.